The molecule has 2 rings (SSSR count). The molecular weight excluding hydrogens is 188 g/mol. The summed E-state index contributed by atoms with van der Waals surface area (Å²) in [5, 5.41) is 9.95. The molecule has 1 heterocycles. The molecule has 1 saturated heterocycles. The molecule has 0 aromatic heterocycles. The van der Waals surface area contributed by atoms with Crippen molar-refractivity contribution in [3.8, 4) is 0 Å². The first-order chi connectivity index (χ1) is 7.36. The van der Waals surface area contributed by atoms with Crippen molar-refractivity contribution in [2.75, 3.05) is 6.61 Å². The van der Waals surface area contributed by atoms with Crippen molar-refractivity contribution < 1.29 is 9.84 Å². The van der Waals surface area contributed by atoms with Gasteiger partial charge in [0.2, 0.25) is 0 Å². The van der Waals surface area contributed by atoms with Gasteiger partial charge in [-0.25, -0.2) is 0 Å². The fourth-order valence-electron chi connectivity index (χ4n) is 2.97. The van der Waals surface area contributed by atoms with Gasteiger partial charge in [0.1, 0.15) is 0 Å². The van der Waals surface area contributed by atoms with Crippen LogP contribution in [0.2, 0.25) is 0 Å². The Morgan fingerprint density at radius 1 is 1.07 bits per heavy atom. The lowest BCUT2D eigenvalue weighted by Crippen LogP contribution is -2.26. The minimum Gasteiger partial charge on any atom is -0.390 e. The summed E-state index contributed by atoms with van der Waals surface area (Å²) < 4.78 is 5.50. The standard InChI is InChI=1S/C13H24O2/c14-12(13-7-4-10-15-13)9-8-11-5-2-1-3-6-11/h11-14H,1-10H2. The molecule has 1 saturated carbocycles. The van der Waals surface area contributed by atoms with Crippen molar-refractivity contribution in [1.29, 1.82) is 0 Å². The highest BCUT2D eigenvalue weighted by molar-refractivity contribution is 4.75. The highest BCUT2D eigenvalue weighted by atomic mass is 16.5. The van der Waals surface area contributed by atoms with Gasteiger partial charge in [-0.15, -0.1) is 0 Å². The van der Waals surface area contributed by atoms with Gasteiger partial charge in [0.05, 0.1) is 12.2 Å². The van der Waals surface area contributed by atoms with Crippen LogP contribution in [-0.4, -0.2) is 23.9 Å². The first-order valence-electron chi connectivity index (χ1n) is 6.66. The van der Waals surface area contributed by atoms with Gasteiger partial charge in [-0.3, -0.25) is 0 Å². The van der Waals surface area contributed by atoms with Crippen LogP contribution in [-0.2, 0) is 4.74 Å². The Balaban J connectivity index is 1.63. The maximum atomic E-state index is 9.95. The highest BCUT2D eigenvalue weighted by Gasteiger charge is 2.24. The largest absolute Gasteiger partial charge is 0.390 e. The van der Waals surface area contributed by atoms with E-state index < -0.39 is 0 Å². The normalized spacial score (nSPS) is 30.6. The van der Waals surface area contributed by atoms with E-state index in [1.165, 1.54) is 38.5 Å². The van der Waals surface area contributed by atoms with Crippen LogP contribution in [0.1, 0.15) is 57.8 Å². The van der Waals surface area contributed by atoms with Gasteiger partial charge in [0.15, 0.2) is 0 Å². The summed E-state index contributed by atoms with van der Waals surface area (Å²) in [5.74, 6) is 0.884. The molecule has 2 atom stereocenters. The number of aliphatic hydroxyl groups excluding tert-OH is 1. The fraction of sp³-hybridized carbons (Fsp3) is 1.00. The maximum absolute atomic E-state index is 9.95. The summed E-state index contributed by atoms with van der Waals surface area (Å²) in [6.07, 6.45) is 11.3. The molecule has 1 aliphatic carbocycles. The Morgan fingerprint density at radius 3 is 2.53 bits per heavy atom. The van der Waals surface area contributed by atoms with Gasteiger partial charge in [-0.2, -0.15) is 0 Å². The quantitative estimate of drug-likeness (QED) is 0.776. The van der Waals surface area contributed by atoms with E-state index >= 15 is 0 Å². The van der Waals surface area contributed by atoms with Gasteiger partial charge in [-0.1, -0.05) is 32.1 Å². The fourth-order valence-corrected chi connectivity index (χ4v) is 2.97. The minimum atomic E-state index is -0.200. The smallest absolute Gasteiger partial charge is 0.0834 e. The van der Waals surface area contributed by atoms with Crippen molar-refractivity contribution in [1.82, 2.24) is 0 Å². The van der Waals surface area contributed by atoms with Crippen molar-refractivity contribution in [3.63, 3.8) is 0 Å². The second-order valence-corrected chi connectivity index (χ2v) is 5.20. The average Bonchev–Trinajstić information content (AvgIpc) is 2.81. The summed E-state index contributed by atoms with van der Waals surface area (Å²) in [4.78, 5) is 0. The number of rotatable bonds is 4. The van der Waals surface area contributed by atoms with E-state index in [1.54, 1.807) is 0 Å². The van der Waals surface area contributed by atoms with E-state index in [-0.39, 0.29) is 12.2 Å². The molecule has 2 fully saturated rings. The summed E-state index contributed by atoms with van der Waals surface area (Å²) in [6, 6.07) is 0. The van der Waals surface area contributed by atoms with Crippen molar-refractivity contribution in [3.05, 3.63) is 0 Å². The van der Waals surface area contributed by atoms with Gasteiger partial charge in [-0.05, 0) is 31.6 Å². The first-order valence-corrected chi connectivity index (χ1v) is 6.66. The van der Waals surface area contributed by atoms with Crippen LogP contribution in [0.4, 0.5) is 0 Å². The molecule has 1 aliphatic heterocycles. The molecule has 0 aromatic rings. The summed E-state index contributed by atoms with van der Waals surface area (Å²) in [6.45, 7) is 0.852. The van der Waals surface area contributed by atoms with Crippen LogP contribution < -0.4 is 0 Å². The summed E-state index contributed by atoms with van der Waals surface area (Å²) in [7, 11) is 0. The monoisotopic (exact) mass is 212 g/mol. The molecule has 0 spiro atoms. The predicted molar refractivity (Wildman–Crippen MR) is 60.8 cm³/mol. The zero-order chi connectivity index (χ0) is 10.5. The third-order valence-corrected chi connectivity index (χ3v) is 3.99. The number of hydrogen-bond acceptors (Lipinski definition) is 2. The molecule has 0 bridgehead atoms. The zero-order valence-electron chi connectivity index (χ0n) is 9.66. The van der Waals surface area contributed by atoms with Crippen LogP contribution in [0.3, 0.4) is 0 Å². The summed E-state index contributed by atoms with van der Waals surface area (Å²) >= 11 is 0. The zero-order valence-corrected chi connectivity index (χ0v) is 9.66. The van der Waals surface area contributed by atoms with E-state index in [2.05, 4.69) is 0 Å². The first kappa shape index (κ1) is 11.4. The van der Waals surface area contributed by atoms with E-state index in [0.29, 0.717) is 0 Å². The highest BCUT2D eigenvalue weighted by Crippen LogP contribution is 2.29. The molecular formula is C13H24O2. The Bertz CT molecular complexity index is 169. The van der Waals surface area contributed by atoms with Crippen LogP contribution in [0.5, 0.6) is 0 Å². The molecule has 1 N–H and O–H groups in total. The minimum absolute atomic E-state index is 0.147. The van der Waals surface area contributed by atoms with Gasteiger partial charge < -0.3 is 9.84 Å². The summed E-state index contributed by atoms with van der Waals surface area (Å²) in [5.41, 5.74) is 0. The molecule has 0 radical (unpaired) electrons. The Morgan fingerprint density at radius 2 is 1.87 bits per heavy atom. The van der Waals surface area contributed by atoms with E-state index in [9.17, 15) is 5.11 Å². The lowest BCUT2D eigenvalue weighted by molar-refractivity contribution is -0.00871. The van der Waals surface area contributed by atoms with Crippen LogP contribution >= 0.6 is 0 Å². The lowest BCUT2D eigenvalue weighted by Gasteiger charge is -2.24. The number of aliphatic hydroxyl groups is 1. The van der Waals surface area contributed by atoms with Crippen molar-refractivity contribution >= 4 is 0 Å². The maximum Gasteiger partial charge on any atom is 0.0834 e. The average molecular weight is 212 g/mol. The lowest BCUT2D eigenvalue weighted by atomic mass is 9.85. The van der Waals surface area contributed by atoms with Crippen LogP contribution in [0.25, 0.3) is 0 Å². The number of ether oxygens (including phenoxy) is 1. The Labute approximate surface area is 93.0 Å². The Kier molecular flexibility index (Phi) is 4.45. The van der Waals surface area contributed by atoms with E-state index in [0.717, 1.165) is 31.8 Å². The molecule has 2 aliphatic rings. The molecule has 0 aromatic carbocycles. The number of hydrogen-bond donors (Lipinski definition) is 1. The molecule has 2 nitrogen and oxygen atoms in total. The second kappa shape index (κ2) is 5.86. The molecule has 88 valence electrons. The van der Waals surface area contributed by atoms with Crippen LogP contribution in [0, 0.1) is 5.92 Å². The van der Waals surface area contributed by atoms with Crippen molar-refractivity contribution in [2.24, 2.45) is 5.92 Å². The second-order valence-electron chi connectivity index (χ2n) is 5.20. The van der Waals surface area contributed by atoms with Crippen LogP contribution in [0.15, 0.2) is 0 Å². The van der Waals surface area contributed by atoms with E-state index in [1.807, 2.05) is 0 Å². The SMILES string of the molecule is OC(CCC1CCCCC1)C1CCCO1. The topological polar surface area (TPSA) is 29.5 Å². The predicted octanol–water partition coefficient (Wildman–Crippen LogP) is 2.89. The molecule has 0 amide bonds. The van der Waals surface area contributed by atoms with Gasteiger partial charge in [0, 0.05) is 6.61 Å². The third-order valence-electron chi connectivity index (χ3n) is 3.99. The van der Waals surface area contributed by atoms with Gasteiger partial charge in [0.25, 0.3) is 0 Å². The Hall–Kier alpha value is -0.0800. The molecule has 2 unspecified atom stereocenters. The van der Waals surface area contributed by atoms with E-state index in [4.69, 9.17) is 4.74 Å². The van der Waals surface area contributed by atoms with Crippen molar-refractivity contribution in [2.45, 2.75) is 70.0 Å². The molecule has 15 heavy (non-hydrogen) atoms. The third kappa shape index (κ3) is 3.46. The molecule has 2 heteroatoms. The van der Waals surface area contributed by atoms with Gasteiger partial charge >= 0.3 is 0 Å².